The molecule has 0 saturated heterocycles. The number of rotatable bonds is 39. The van der Waals surface area contributed by atoms with Crippen LogP contribution in [0.15, 0.2) is 0 Å². The number of esters is 2. The topological polar surface area (TPSA) is 303 Å². The lowest BCUT2D eigenvalue weighted by atomic mass is 9.85. The number of aliphatic hydroxyl groups excluding tert-OH is 3. The van der Waals surface area contributed by atoms with Gasteiger partial charge in [0.05, 0.1) is 0 Å². The molecule has 0 aromatic carbocycles. The van der Waals surface area contributed by atoms with Crippen LogP contribution in [0.2, 0.25) is 0 Å². The van der Waals surface area contributed by atoms with E-state index < -0.39 is 84.9 Å². The van der Waals surface area contributed by atoms with E-state index in [0.29, 0.717) is 12.8 Å². The van der Waals surface area contributed by atoms with E-state index in [1.165, 1.54) is 89.9 Å². The Kier molecular flexibility index (Phi) is 32.1. The molecule has 1 fully saturated rings. The molecule has 1 saturated carbocycles. The maximum absolute atomic E-state index is 13.1. The predicted octanol–water partition coefficient (Wildman–Crippen LogP) is 7.92. The SMILES string of the molecule is CCCCCCCCCCCCCCCC(=O)OC(COP(=O)(O)O[C@@H]1[C@H](O)[C@H](O)[C@@H](OP(=O)(O)O)[C@H](OP(=O)(O)O)[C@H]1O)OC(=O)CCCCCCCCCCCCCCC. The molecular weight excluding hydrogens is 877 g/mol. The van der Waals surface area contributed by atoms with Gasteiger partial charge in [-0.05, 0) is 12.8 Å². The summed E-state index contributed by atoms with van der Waals surface area (Å²) in [6, 6.07) is 0. The molecule has 7 atom stereocenters. The number of hydrogen-bond donors (Lipinski definition) is 8. The molecule has 19 nitrogen and oxygen atoms in total. The zero-order chi connectivity index (χ0) is 46.4. The van der Waals surface area contributed by atoms with Crippen LogP contribution >= 0.6 is 23.5 Å². The highest BCUT2D eigenvalue weighted by molar-refractivity contribution is 7.47. The van der Waals surface area contributed by atoms with Crippen molar-refractivity contribution in [2.45, 2.75) is 237 Å². The van der Waals surface area contributed by atoms with Gasteiger partial charge in [0.15, 0.2) is 0 Å². The largest absolute Gasteiger partial charge is 0.472 e. The maximum atomic E-state index is 13.1. The van der Waals surface area contributed by atoms with E-state index in [1.54, 1.807) is 0 Å². The molecular formula is C40H79O19P3. The molecule has 368 valence electrons. The molecule has 62 heavy (non-hydrogen) atoms. The summed E-state index contributed by atoms with van der Waals surface area (Å²) in [4.78, 5) is 73.1. The van der Waals surface area contributed by atoms with Gasteiger partial charge in [-0.3, -0.25) is 27.7 Å². The number of phosphoric ester groups is 3. The number of unbranched alkanes of at least 4 members (excludes halogenated alkanes) is 24. The number of carbonyl (C=O) groups excluding carboxylic acids is 2. The van der Waals surface area contributed by atoms with Gasteiger partial charge in [-0.1, -0.05) is 168 Å². The molecule has 0 aliphatic heterocycles. The Morgan fingerprint density at radius 1 is 0.435 bits per heavy atom. The van der Waals surface area contributed by atoms with E-state index in [9.17, 15) is 63.1 Å². The Labute approximate surface area is 368 Å². The lowest BCUT2D eigenvalue weighted by Crippen LogP contribution is -2.65. The van der Waals surface area contributed by atoms with Crippen LogP contribution in [0.25, 0.3) is 0 Å². The molecule has 0 amide bonds. The van der Waals surface area contributed by atoms with Crippen molar-refractivity contribution in [3.63, 3.8) is 0 Å². The van der Waals surface area contributed by atoms with E-state index in [1.807, 2.05) is 0 Å². The average molecular weight is 957 g/mol. The first-order chi connectivity index (χ1) is 29.3. The first kappa shape index (κ1) is 59.2. The lowest BCUT2D eigenvalue weighted by Gasteiger charge is -2.44. The highest BCUT2D eigenvalue weighted by Crippen LogP contribution is 2.51. The quantitative estimate of drug-likeness (QED) is 0.0126. The van der Waals surface area contributed by atoms with Crippen LogP contribution in [0.1, 0.15) is 194 Å². The fourth-order valence-electron chi connectivity index (χ4n) is 7.27. The summed E-state index contributed by atoms with van der Waals surface area (Å²) in [7, 11) is -16.6. The van der Waals surface area contributed by atoms with Gasteiger partial charge in [0.1, 0.15) is 43.2 Å². The standard InChI is InChI=1S/C40H79O19P3/c1-3-5-7-9-11-13-15-17-19-21-23-25-27-29-32(41)55-34(56-33(42)30-28-26-24-22-20-18-16-14-12-10-8-6-4-2)31-54-62(52,53)59-38-35(43)36(44)39(57-60(46,47)48)40(37(38)45)58-61(49,50)51/h34-40,43-45H,3-31H2,1-2H3,(H,52,53)(H2,46,47,48)(H2,49,50,51)/t35-,36+,37+,38-,39-,40-/m1/s1. The van der Waals surface area contributed by atoms with E-state index in [4.69, 9.17) is 18.5 Å². The molecule has 1 aliphatic carbocycles. The molecule has 0 heterocycles. The van der Waals surface area contributed by atoms with E-state index in [2.05, 4.69) is 22.9 Å². The zero-order valence-corrected chi connectivity index (χ0v) is 39.6. The highest BCUT2D eigenvalue weighted by atomic mass is 31.2. The van der Waals surface area contributed by atoms with Crippen LogP contribution in [0.3, 0.4) is 0 Å². The zero-order valence-electron chi connectivity index (χ0n) is 37.0. The minimum atomic E-state index is -5.60. The molecule has 1 rings (SSSR count). The Hall–Kier alpha value is -0.850. The summed E-state index contributed by atoms with van der Waals surface area (Å²) >= 11 is 0. The molecule has 1 aliphatic rings. The van der Waals surface area contributed by atoms with Gasteiger partial charge in [0, 0.05) is 12.8 Å². The van der Waals surface area contributed by atoms with Crippen molar-refractivity contribution in [1.29, 1.82) is 0 Å². The van der Waals surface area contributed by atoms with Crippen LogP contribution in [-0.4, -0.2) is 101 Å². The number of phosphoric acid groups is 3. The van der Waals surface area contributed by atoms with Crippen LogP contribution in [-0.2, 0) is 50.9 Å². The van der Waals surface area contributed by atoms with Gasteiger partial charge in [0.25, 0.3) is 6.29 Å². The summed E-state index contributed by atoms with van der Waals surface area (Å²) < 4.78 is 65.0. The van der Waals surface area contributed by atoms with Gasteiger partial charge >= 0.3 is 35.4 Å². The summed E-state index contributed by atoms with van der Waals surface area (Å²) in [5.41, 5.74) is 0. The summed E-state index contributed by atoms with van der Waals surface area (Å²) in [6.45, 7) is 3.33. The maximum Gasteiger partial charge on any atom is 0.472 e. The van der Waals surface area contributed by atoms with Crippen molar-refractivity contribution in [3.05, 3.63) is 0 Å². The molecule has 0 spiro atoms. The number of ether oxygens (including phenoxy) is 2. The van der Waals surface area contributed by atoms with Crippen molar-refractivity contribution < 1.29 is 90.6 Å². The first-order valence-electron chi connectivity index (χ1n) is 22.9. The van der Waals surface area contributed by atoms with E-state index in [-0.39, 0.29) is 12.8 Å². The molecule has 1 unspecified atom stereocenters. The number of carbonyl (C=O) groups is 2. The van der Waals surface area contributed by atoms with Gasteiger partial charge in [-0.15, -0.1) is 0 Å². The fourth-order valence-corrected chi connectivity index (χ4v) is 9.32. The van der Waals surface area contributed by atoms with Crippen molar-refractivity contribution in [2.24, 2.45) is 0 Å². The second-order valence-electron chi connectivity index (χ2n) is 16.3. The Bertz CT molecular complexity index is 1290. The summed E-state index contributed by atoms with van der Waals surface area (Å²) in [5, 5.41) is 31.8. The third kappa shape index (κ3) is 29.6. The van der Waals surface area contributed by atoms with Crippen molar-refractivity contribution in [3.8, 4) is 0 Å². The predicted molar refractivity (Wildman–Crippen MR) is 229 cm³/mol. The minimum absolute atomic E-state index is 0.0465. The third-order valence-electron chi connectivity index (χ3n) is 10.7. The Morgan fingerprint density at radius 2 is 0.726 bits per heavy atom. The summed E-state index contributed by atoms with van der Waals surface area (Å²) in [6.07, 6.45) is 11.5. The van der Waals surface area contributed by atoms with E-state index >= 15 is 0 Å². The highest BCUT2D eigenvalue weighted by Gasteiger charge is 2.56. The van der Waals surface area contributed by atoms with E-state index in [0.717, 1.165) is 64.2 Å². The van der Waals surface area contributed by atoms with Gasteiger partial charge in [-0.2, -0.15) is 0 Å². The minimum Gasteiger partial charge on any atom is -0.423 e. The van der Waals surface area contributed by atoms with Crippen molar-refractivity contribution in [1.82, 2.24) is 0 Å². The molecule has 22 heteroatoms. The van der Waals surface area contributed by atoms with Gasteiger partial charge in [0.2, 0.25) is 0 Å². The Balaban J connectivity index is 2.77. The van der Waals surface area contributed by atoms with Crippen LogP contribution in [0, 0.1) is 0 Å². The van der Waals surface area contributed by atoms with Crippen molar-refractivity contribution in [2.75, 3.05) is 6.61 Å². The van der Waals surface area contributed by atoms with Gasteiger partial charge < -0.3 is 49.3 Å². The molecule has 8 N–H and O–H groups in total. The second kappa shape index (κ2) is 33.6. The smallest absolute Gasteiger partial charge is 0.423 e. The average Bonchev–Trinajstić information content (AvgIpc) is 3.19. The summed E-state index contributed by atoms with van der Waals surface area (Å²) in [5.74, 6) is -1.56. The number of aliphatic hydroxyl groups is 3. The number of hydrogen-bond acceptors (Lipinski definition) is 14. The van der Waals surface area contributed by atoms with Crippen LogP contribution in [0.4, 0.5) is 0 Å². The monoisotopic (exact) mass is 956 g/mol. The first-order valence-corrected chi connectivity index (χ1v) is 27.4. The molecule has 0 aromatic rings. The van der Waals surface area contributed by atoms with Crippen molar-refractivity contribution >= 4 is 35.4 Å². The molecule has 0 radical (unpaired) electrons. The molecule has 0 aromatic heterocycles. The normalized spacial score (nSPS) is 21.9. The lowest BCUT2D eigenvalue weighted by molar-refractivity contribution is -0.214. The second-order valence-corrected chi connectivity index (χ2v) is 20.1. The van der Waals surface area contributed by atoms with Gasteiger partial charge in [-0.25, -0.2) is 13.7 Å². The molecule has 0 bridgehead atoms. The fraction of sp³-hybridized carbons (Fsp3) is 0.950. The Morgan fingerprint density at radius 3 is 1.05 bits per heavy atom. The third-order valence-corrected chi connectivity index (χ3v) is 12.7. The van der Waals surface area contributed by atoms with Crippen LogP contribution < -0.4 is 0 Å². The van der Waals surface area contributed by atoms with Crippen LogP contribution in [0.5, 0.6) is 0 Å².